The first-order valence-corrected chi connectivity index (χ1v) is 23.1. The minimum atomic E-state index is -4.85. The first-order valence-electron chi connectivity index (χ1n) is 21.6. The van der Waals surface area contributed by atoms with Gasteiger partial charge in [-0.15, -0.1) is 0 Å². The van der Waals surface area contributed by atoms with Crippen molar-refractivity contribution in [2.24, 2.45) is 11.8 Å². The Morgan fingerprint density at radius 2 is 1.11 bits per heavy atom. The van der Waals surface area contributed by atoms with Crippen LogP contribution in [0.5, 0.6) is 0 Å². The van der Waals surface area contributed by atoms with Crippen molar-refractivity contribution in [3.8, 4) is 23.8 Å². The molecule has 73 heavy (non-hydrogen) atoms. The number of carbonyl (C=O) groups excluding carboxylic acids is 4. The minimum Gasteiger partial charge on any atom is -0.336 e. The number of rotatable bonds is 12. The zero-order valence-corrected chi connectivity index (χ0v) is 41.0. The monoisotopic (exact) mass is 1090 g/mol. The number of carbonyl (C=O) groups is 4. The summed E-state index contributed by atoms with van der Waals surface area (Å²) in [6, 6.07) is 15.8. The van der Waals surface area contributed by atoms with Crippen LogP contribution < -0.4 is 21.3 Å². The van der Waals surface area contributed by atoms with E-state index in [-0.39, 0.29) is 66.1 Å². The molecule has 2 aromatic carbocycles. The Hall–Kier alpha value is -7.24. The van der Waals surface area contributed by atoms with Crippen molar-refractivity contribution in [1.82, 2.24) is 40.2 Å². The Kier molecular flexibility index (Phi) is 15.5. The lowest BCUT2D eigenvalue weighted by Crippen LogP contribution is -2.47. The molecular weight excluding hydrogens is 1050 g/mol. The van der Waals surface area contributed by atoms with Gasteiger partial charge in [-0.25, -0.2) is 19.3 Å². The fraction of sp³-hybridized carbons (Fsp3) is 0.277. The molecule has 8 rings (SSSR count). The Labute approximate surface area is 430 Å². The molecule has 0 radical (unpaired) electrons. The number of alkyl halides is 6. The lowest BCUT2D eigenvalue weighted by molar-refractivity contribution is -0.142. The van der Waals surface area contributed by atoms with Crippen LogP contribution in [0, 0.1) is 48.3 Å². The van der Waals surface area contributed by atoms with Gasteiger partial charge in [0.25, 0.3) is 23.6 Å². The topological polar surface area (TPSA) is 225 Å². The number of hydrogen-bond acceptors (Lipinski definition) is 10. The van der Waals surface area contributed by atoms with E-state index in [9.17, 15) is 56.0 Å². The maximum atomic E-state index is 13.5. The minimum absolute atomic E-state index is 0.0106. The summed E-state index contributed by atoms with van der Waals surface area (Å²) in [4.78, 5) is 60.6. The predicted octanol–water partition coefficient (Wildman–Crippen LogP) is 10.8. The van der Waals surface area contributed by atoms with E-state index in [0.717, 1.165) is 25.7 Å². The second-order valence-electron chi connectivity index (χ2n) is 16.9. The fourth-order valence-electron chi connectivity index (χ4n) is 7.37. The molecule has 0 aliphatic heterocycles. The van der Waals surface area contributed by atoms with Crippen molar-refractivity contribution in [1.29, 1.82) is 10.5 Å². The Bertz CT molecular complexity index is 3270. The number of hydrogen-bond donors (Lipinski definition) is 4. The molecule has 0 bridgehead atoms. The number of pyridine rings is 2. The Morgan fingerprint density at radius 3 is 1.48 bits per heavy atom. The average Bonchev–Trinajstić information content (AvgIpc) is 4.26. The van der Waals surface area contributed by atoms with Crippen molar-refractivity contribution in [2.75, 3.05) is 10.6 Å². The van der Waals surface area contributed by atoms with Crippen LogP contribution in [0.25, 0.3) is 11.6 Å². The average molecular weight is 1090 g/mol. The zero-order chi connectivity index (χ0) is 53.3. The van der Waals surface area contributed by atoms with Gasteiger partial charge in [-0.1, -0.05) is 46.4 Å². The van der Waals surface area contributed by atoms with E-state index in [4.69, 9.17) is 46.4 Å². The number of amides is 4. The lowest BCUT2D eigenvalue weighted by Gasteiger charge is -2.24. The van der Waals surface area contributed by atoms with Gasteiger partial charge in [0.2, 0.25) is 0 Å². The SMILES string of the molecule is Cc1cc(Cl)cc(C(=O)NC(C#N)C2CC2)c1NC(=O)c1cc(C(F)(F)F)nn1-c1ncccc1Cl.Cc1cc(Cl)cc(C(=O)NC(C)(C#N)C2CC2)c1NC(=O)c1cc(C(F)(F)F)nn1-c1ncccc1Cl. The van der Waals surface area contributed by atoms with Crippen LogP contribution in [-0.4, -0.2) is 64.7 Å². The maximum absolute atomic E-state index is 13.5. The van der Waals surface area contributed by atoms with Crippen LogP contribution in [0.3, 0.4) is 0 Å². The molecule has 2 aliphatic carbocycles. The van der Waals surface area contributed by atoms with Crippen LogP contribution in [0.2, 0.25) is 20.1 Å². The second kappa shape index (κ2) is 21.1. The van der Waals surface area contributed by atoms with E-state index in [0.29, 0.717) is 32.6 Å². The third-order valence-electron chi connectivity index (χ3n) is 11.4. The zero-order valence-electron chi connectivity index (χ0n) is 38.0. The number of nitriles is 2. The maximum Gasteiger partial charge on any atom is 0.435 e. The van der Waals surface area contributed by atoms with Crippen molar-refractivity contribution in [3.63, 3.8) is 0 Å². The molecule has 378 valence electrons. The third-order valence-corrected chi connectivity index (χ3v) is 12.5. The summed E-state index contributed by atoms with van der Waals surface area (Å²) >= 11 is 24.5. The van der Waals surface area contributed by atoms with Gasteiger partial charge in [0, 0.05) is 34.6 Å². The van der Waals surface area contributed by atoms with Gasteiger partial charge in [-0.05, 0) is 118 Å². The highest BCUT2D eigenvalue weighted by molar-refractivity contribution is 6.33. The van der Waals surface area contributed by atoms with Crippen LogP contribution in [0.4, 0.5) is 37.7 Å². The molecule has 26 heteroatoms. The first-order chi connectivity index (χ1) is 34.3. The molecule has 0 saturated heterocycles. The molecular formula is C47H36Cl4F6N12O4. The van der Waals surface area contributed by atoms with E-state index in [1.165, 1.54) is 60.9 Å². The second-order valence-corrected chi connectivity index (χ2v) is 18.6. The summed E-state index contributed by atoms with van der Waals surface area (Å²) in [7, 11) is 0. The third kappa shape index (κ3) is 12.2. The van der Waals surface area contributed by atoms with Gasteiger partial charge in [0.15, 0.2) is 23.0 Å². The normalized spacial score (nSPS) is 14.6. The largest absolute Gasteiger partial charge is 0.435 e. The number of aromatic nitrogens is 6. The Morgan fingerprint density at radius 1 is 0.671 bits per heavy atom. The molecule has 2 fully saturated rings. The molecule has 2 saturated carbocycles. The molecule has 16 nitrogen and oxygen atoms in total. The van der Waals surface area contributed by atoms with Gasteiger partial charge in [-0.2, -0.15) is 47.1 Å². The van der Waals surface area contributed by atoms with Crippen LogP contribution in [0.15, 0.2) is 73.1 Å². The summed E-state index contributed by atoms with van der Waals surface area (Å²) in [6.45, 7) is 4.73. The van der Waals surface area contributed by atoms with Gasteiger partial charge in [0.1, 0.15) is 23.0 Å². The number of aryl methyl sites for hydroxylation is 2. The summed E-state index contributed by atoms with van der Waals surface area (Å²) in [6.07, 6.45) is -3.96. The van der Waals surface area contributed by atoms with E-state index < -0.39 is 70.3 Å². The van der Waals surface area contributed by atoms with Crippen molar-refractivity contribution >= 4 is 81.4 Å². The van der Waals surface area contributed by atoms with Gasteiger partial charge in [-0.3, -0.25) is 19.2 Å². The van der Waals surface area contributed by atoms with Crippen molar-refractivity contribution in [3.05, 3.63) is 138 Å². The quantitative estimate of drug-likeness (QED) is 0.0848. The number of benzene rings is 2. The first kappa shape index (κ1) is 53.6. The molecule has 2 atom stereocenters. The fourth-order valence-corrected chi connectivity index (χ4v) is 8.32. The molecule has 4 N–H and O–H groups in total. The Balaban J connectivity index is 0.000000214. The summed E-state index contributed by atoms with van der Waals surface area (Å²) in [5.74, 6) is -3.70. The van der Waals surface area contributed by atoms with E-state index in [1.807, 2.05) is 6.07 Å². The van der Waals surface area contributed by atoms with Gasteiger partial charge < -0.3 is 21.3 Å². The molecule has 4 aromatic heterocycles. The molecule has 4 heterocycles. The number of nitrogens with zero attached hydrogens (tertiary/aromatic N) is 8. The molecule has 2 aliphatic rings. The van der Waals surface area contributed by atoms with Crippen molar-refractivity contribution < 1.29 is 45.5 Å². The van der Waals surface area contributed by atoms with Gasteiger partial charge >= 0.3 is 12.4 Å². The highest BCUT2D eigenvalue weighted by Crippen LogP contribution is 2.40. The smallest absolute Gasteiger partial charge is 0.336 e. The van der Waals surface area contributed by atoms with Crippen LogP contribution in [-0.2, 0) is 12.4 Å². The molecule has 0 spiro atoms. The predicted molar refractivity (Wildman–Crippen MR) is 255 cm³/mol. The molecule has 6 aromatic rings. The summed E-state index contributed by atoms with van der Waals surface area (Å²) < 4.78 is 82.1. The van der Waals surface area contributed by atoms with Crippen LogP contribution >= 0.6 is 46.4 Å². The van der Waals surface area contributed by atoms with Gasteiger partial charge in [0.05, 0.1) is 44.7 Å². The molecule has 4 amide bonds. The van der Waals surface area contributed by atoms with E-state index >= 15 is 0 Å². The van der Waals surface area contributed by atoms with Crippen LogP contribution in [0.1, 0.15) is 96.8 Å². The molecule has 2 unspecified atom stereocenters. The highest BCUT2D eigenvalue weighted by Gasteiger charge is 2.44. The van der Waals surface area contributed by atoms with E-state index in [2.05, 4.69) is 47.5 Å². The lowest BCUT2D eigenvalue weighted by atomic mass is 9.96. The standard InChI is InChI=1S/C24H19Cl2F3N6O2.C23H17Cl2F3N6O2/c1-12-8-14(25)9-15(21(36)33-23(2,11-30)13-5-6-13)19(12)32-22(37)17-10-18(24(27,28)29)34-35(17)20-16(26)4-3-7-31-20;1-11-7-13(24)8-14(21(35)31-16(10-29)12-4-5-12)19(11)32-22(36)17-9-18(23(26,27)28)33-34(17)20-15(25)3-2-6-30-20/h3-4,7-10,13H,5-6H2,1-2H3,(H,32,37)(H,33,36);2-3,6-9,12,16H,4-5H2,1H3,(H,31,35)(H,32,36). The van der Waals surface area contributed by atoms with Crippen molar-refractivity contribution in [2.45, 2.75) is 70.4 Å². The summed E-state index contributed by atoms with van der Waals surface area (Å²) in [5.41, 5.74) is -4.17. The number of anilines is 2. The van der Waals surface area contributed by atoms with E-state index in [1.54, 1.807) is 20.8 Å². The highest BCUT2D eigenvalue weighted by atomic mass is 35.5. The number of nitrogens with one attached hydrogen (secondary N) is 4. The number of halogens is 10. The summed E-state index contributed by atoms with van der Waals surface area (Å²) in [5, 5.41) is 36.6.